The number of ether oxygens (including phenoxy) is 1. The van der Waals surface area contributed by atoms with Crippen LogP contribution in [0.25, 0.3) is 5.65 Å². The zero-order valence-electron chi connectivity index (χ0n) is 10.9. The van der Waals surface area contributed by atoms with E-state index in [9.17, 15) is 8.42 Å². The van der Waals surface area contributed by atoms with Gasteiger partial charge in [0.25, 0.3) is 0 Å². The molecule has 0 radical (unpaired) electrons. The average Bonchev–Trinajstić information content (AvgIpc) is 2.70. The van der Waals surface area contributed by atoms with E-state index in [0.29, 0.717) is 18.0 Å². The molecule has 0 aliphatic heterocycles. The number of aromatic nitrogens is 2. The first-order valence-corrected chi connectivity index (χ1v) is 8.53. The lowest BCUT2D eigenvalue weighted by Gasteiger charge is -2.14. The monoisotopic (exact) mass is 394 g/mol. The third-order valence-corrected chi connectivity index (χ3v) is 5.72. The van der Waals surface area contributed by atoms with Gasteiger partial charge >= 0.3 is 0 Å². The van der Waals surface area contributed by atoms with E-state index in [1.54, 1.807) is 36.7 Å². The smallest absolute Gasteiger partial charge is 0.185 e. The van der Waals surface area contributed by atoms with Crippen LogP contribution in [-0.4, -0.2) is 29.7 Å². The van der Waals surface area contributed by atoms with E-state index < -0.39 is 15.1 Å². The van der Waals surface area contributed by atoms with E-state index in [1.807, 2.05) is 6.92 Å². The van der Waals surface area contributed by atoms with Crippen LogP contribution in [-0.2, 0) is 9.84 Å². The summed E-state index contributed by atoms with van der Waals surface area (Å²) in [6.07, 6.45) is 3.28. The number of nitrogens with zero attached hydrogens (tertiary/aromatic N) is 2. The molecule has 0 unspecified atom stereocenters. The fourth-order valence-corrected chi connectivity index (χ4v) is 3.38. The molecule has 0 amide bonds. The molecule has 2 aromatic rings. The maximum atomic E-state index is 12.4. The Bertz CT molecular complexity index is 707. The fourth-order valence-electron chi connectivity index (χ4n) is 1.69. The maximum Gasteiger partial charge on any atom is 0.185 e. The van der Waals surface area contributed by atoms with Crippen LogP contribution < -0.4 is 4.74 Å². The Hall–Kier alpha value is -0.830. The quantitative estimate of drug-likeness (QED) is 0.748. The normalized spacial score (nSPS) is 12.3. The number of fused-ring (bicyclic) bond motifs is 1. The Morgan fingerprint density at radius 3 is 2.74 bits per heavy atom. The van der Waals surface area contributed by atoms with Crippen molar-refractivity contribution < 1.29 is 13.2 Å². The molecule has 2 heterocycles. The lowest BCUT2D eigenvalue weighted by atomic mass is 10.4. The first-order chi connectivity index (χ1) is 8.87. The molecule has 0 N–H and O–H groups in total. The summed E-state index contributed by atoms with van der Waals surface area (Å²) in [6, 6.07) is 1.67. The van der Waals surface area contributed by atoms with Crippen LogP contribution in [0.4, 0.5) is 0 Å². The molecule has 0 aliphatic rings. The number of halogens is 1. The second-order valence-electron chi connectivity index (χ2n) is 4.34. The van der Waals surface area contributed by atoms with Gasteiger partial charge in [-0.05, 0) is 43.4 Å². The van der Waals surface area contributed by atoms with Crippen LogP contribution in [0.15, 0.2) is 23.4 Å². The molecular weight excluding hydrogens is 379 g/mol. The van der Waals surface area contributed by atoms with E-state index in [2.05, 4.69) is 27.6 Å². The van der Waals surface area contributed by atoms with Crippen LogP contribution in [0, 0.1) is 3.70 Å². The predicted octanol–water partition coefficient (Wildman–Crippen LogP) is 2.52. The van der Waals surface area contributed by atoms with E-state index in [1.165, 1.54) is 0 Å². The van der Waals surface area contributed by atoms with Gasteiger partial charge in [-0.15, -0.1) is 0 Å². The Labute approximate surface area is 126 Å². The molecule has 0 aromatic carbocycles. The lowest BCUT2D eigenvalue weighted by molar-refractivity contribution is 0.330. The minimum Gasteiger partial charge on any atom is -0.492 e. The van der Waals surface area contributed by atoms with E-state index in [4.69, 9.17) is 4.74 Å². The van der Waals surface area contributed by atoms with Crippen molar-refractivity contribution >= 4 is 38.1 Å². The first kappa shape index (κ1) is 14.6. The summed E-state index contributed by atoms with van der Waals surface area (Å²) in [4.78, 5) is 4.43. The van der Waals surface area contributed by atoms with Gasteiger partial charge in [0.1, 0.15) is 20.0 Å². The summed E-state index contributed by atoms with van der Waals surface area (Å²) in [5.74, 6) is 0.366. The minimum absolute atomic E-state index is 0.216. The molecular formula is C12H15IN2O3S. The molecule has 0 saturated carbocycles. The minimum atomic E-state index is -3.39. The van der Waals surface area contributed by atoms with Crippen LogP contribution in [0.5, 0.6) is 5.75 Å². The highest BCUT2D eigenvalue weighted by Gasteiger charge is 2.25. The SMILES string of the molecule is CCOc1cc2ncc(I)n2cc1S(=O)(=O)C(C)C. The van der Waals surface area contributed by atoms with Gasteiger partial charge in [-0.3, -0.25) is 4.40 Å². The number of rotatable bonds is 4. The number of pyridine rings is 1. The molecule has 0 aliphatic carbocycles. The Balaban J connectivity index is 2.75. The summed E-state index contributed by atoms with van der Waals surface area (Å²) < 4.78 is 32.8. The van der Waals surface area contributed by atoms with Crippen molar-refractivity contribution in [3.8, 4) is 5.75 Å². The van der Waals surface area contributed by atoms with Gasteiger partial charge in [0.15, 0.2) is 9.84 Å². The van der Waals surface area contributed by atoms with Crippen LogP contribution in [0.1, 0.15) is 20.8 Å². The van der Waals surface area contributed by atoms with Gasteiger partial charge in [-0.1, -0.05) is 0 Å². The van der Waals surface area contributed by atoms with Gasteiger partial charge in [-0.25, -0.2) is 13.4 Å². The van der Waals surface area contributed by atoms with Gasteiger partial charge in [0.05, 0.1) is 18.1 Å². The molecule has 0 spiro atoms. The standard InChI is InChI=1S/C12H15IN2O3S/c1-4-18-9-5-12-14-6-11(13)15(12)7-10(9)19(16,17)8(2)3/h5-8H,4H2,1-3H3. The first-order valence-electron chi connectivity index (χ1n) is 5.91. The summed E-state index contributed by atoms with van der Waals surface area (Å²) in [6.45, 7) is 5.56. The van der Waals surface area contributed by atoms with Crippen molar-refractivity contribution in [2.45, 2.75) is 30.9 Å². The molecule has 7 heteroatoms. The second-order valence-corrected chi connectivity index (χ2v) is 7.92. The number of imidazole rings is 1. The van der Waals surface area contributed by atoms with Crippen molar-refractivity contribution in [2.75, 3.05) is 6.61 Å². The van der Waals surface area contributed by atoms with Crippen LogP contribution >= 0.6 is 22.6 Å². The number of sulfone groups is 1. The largest absolute Gasteiger partial charge is 0.492 e. The molecule has 0 saturated heterocycles. The van der Waals surface area contributed by atoms with E-state index >= 15 is 0 Å². The molecule has 0 atom stereocenters. The van der Waals surface area contributed by atoms with Crippen LogP contribution in [0.3, 0.4) is 0 Å². The molecule has 2 rings (SSSR count). The summed E-state index contributed by atoms with van der Waals surface area (Å²) in [7, 11) is -3.39. The third kappa shape index (κ3) is 2.58. The molecule has 0 fully saturated rings. The fraction of sp³-hybridized carbons (Fsp3) is 0.417. The molecule has 19 heavy (non-hydrogen) atoms. The average molecular weight is 394 g/mol. The highest BCUT2D eigenvalue weighted by Crippen LogP contribution is 2.29. The Kier molecular flexibility index (Phi) is 4.05. The van der Waals surface area contributed by atoms with Crippen molar-refractivity contribution in [1.82, 2.24) is 9.38 Å². The van der Waals surface area contributed by atoms with Crippen molar-refractivity contribution in [1.29, 1.82) is 0 Å². The third-order valence-electron chi connectivity index (χ3n) is 2.76. The van der Waals surface area contributed by atoms with Gasteiger partial charge in [-0.2, -0.15) is 0 Å². The lowest BCUT2D eigenvalue weighted by Crippen LogP contribution is -2.16. The summed E-state index contributed by atoms with van der Waals surface area (Å²) in [5, 5.41) is -0.495. The van der Waals surface area contributed by atoms with Gasteiger partial charge in [0, 0.05) is 12.3 Å². The van der Waals surface area contributed by atoms with Crippen molar-refractivity contribution in [2.24, 2.45) is 0 Å². The predicted molar refractivity (Wildman–Crippen MR) is 81.4 cm³/mol. The van der Waals surface area contributed by atoms with Gasteiger partial charge in [0.2, 0.25) is 0 Å². The summed E-state index contributed by atoms with van der Waals surface area (Å²) >= 11 is 2.11. The highest BCUT2D eigenvalue weighted by atomic mass is 127. The zero-order valence-corrected chi connectivity index (χ0v) is 13.9. The van der Waals surface area contributed by atoms with Gasteiger partial charge < -0.3 is 4.74 Å². The topological polar surface area (TPSA) is 60.7 Å². The zero-order chi connectivity index (χ0) is 14.2. The molecule has 2 aromatic heterocycles. The van der Waals surface area contributed by atoms with Crippen molar-refractivity contribution in [3.05, 3.63) is 22.2 Å². The van der Waals surface area contributed by atoms with Crippen molar-refractivity contribution in [3.63, 3.8) is 0 Å². The molecule has 5 nitrogen and oxygen atoms in total. The highest BCUT2D eigenvalue weighted by molar-refractivity contribution is 14.1. The molecule has 104 valence electrons. The van der Waals surface area contributed by atoms with E-state index in [-0.39, 0.29) is 4.90 Å². The Morgan fingerprint density at radius 1 is 1.47 bits per heavy atom. The van der Waals surface area contributed by atoms with E-state index in [0.717, 1.165) is 3.70 Å². The Morgan fingerprint density at radius 2 is 2.16 bits per heavy atom. The second kappa shape index (κ2) is 5.28. The summed E-state index contributed by atoms with van der Waals surface area (Å²) in [5.41, 5.74) is 0.676. The maximum absolute atomic E-state index is 12.4. The molecule has 0 bridgehead atoms. The number of hydrogen-bond donors (Lipinski definition) is 0. The van der Waals surface area contributed by atoms with Crippen LogP contribution in [0.2, 0.25) is 0 Å². The number of hydrogen-bond acceptors (Lipinski definition) is 4.